The Hall–Kier alpha value is -1.77. The summed E-state index contributed by atoms with van der Waals surface area (Å²) in [7, 11) is 0. The number of halogens is 1. The Morgan fingerprint density at radius 3 is 2.68 bits per heavy atom. The fourth-order valence-corrected chi connectivity index (χ4v) is 3.59. The third kappa shape index (κ3) is 3.91. The van der Waals surface area contributed by atoms with Crippen molar-refractivity contribution in [1.29, 1.82) is 0 Å². The number of aromatic amines is 1. The normalized spacial score (nSPS) is 12.6. The van der Waals surface area contributed by atoms with E-state index in [0.717, 1.165) is 42.8 Å². The number of hydrogen-bond donors (Lipinski definition) is 2. The highest BCUT2D eigenvalue weighted by molar-refractivity contribution is 6.30. The second kappa shape index (κ2) is 8.07. The van der Waals surface area contributed by atoms with Crippen molar-refractivity contribution >= 4 is 22.5 Å². The van der Waals surface area contributed by atoms with Crippen LogP contribution in [-0.2, 0) is 6.42 Å². The standard InChI is InChI=1S/C22H27ClN2/c1-3-15(2)16-10-11-21-20(14-16)19(9-4-5-12-24)22(25-21)17-7-6-8-18(23)13-17/h6-8,10-11,13-15,25H,3-5,9,12,24H2,1-2H3. The van der Waals surface area contributed by atoms with E-state index >= 15 is 0 Å². The number of aromatic nitrogens is 1. The lowest BCUT2D eigenvalue weighted by molar-refractivity contribution is 0.734. The lowest BCUT2D eigenvalue weighted by Crippen LogP contribution is -1.99. The van der Waals surface area contributed by atoms with Crippen LogP contribution in [0.15, 0.2) is 42.5 Å². The predicted molar refractivity (Wildman–Crippen MR) is 109 cm³/mol. The molecule has 25 heavy (non-hydrogen) atoms. The van der Waals surface area contributed by atoms with Gasteiger partial charge in [-0.1, -0.05) is 43.6 Å². The lowest BCUT2D eigenvalue weighted by Gasteiger charge is -2.10. The third-order valence-corrected chi connectivity index (χ3v) is 5.34. The van der Waals surface area contributed by atoms with Crippen molar-refractivity contribution in [1.82, 2.24) is 4.98 Å². The van der Waals surface area contributed by atoms with Crippen LogP contribution in [0, 0.1) is 0 Å². The highest BCUT2D eigenvalue weighted by Gasteiger charge is 2.15. The minimum absolute atomic E-state index is 0.575. The zero-order valence-corrected chi connectivity index (χ0v) is 15.9. The number of rotatable bonds is 7. The molecule has 3 rings (SSSR count). The molecule has 0 spiro atoms. The molecule has 2 nitrogen and oxygen atoms in total. The van der Waals surface area contributed by atoms with E-state index in [0.29, 0.717) is 5.92 Å². The molecule has 3 aromatic rings. The Kier molecular flexibility index (Phi) is 5.82. The molecule has 3 heteroatoms. The number of hydrogen-bond acceptors (Lipinski definition) is 1. The van der Waals surface area contributed by atoms with Gasteiger partial charge in [-0.2, -0.15) is 0 Å². The van der Waals surface area contributed by atoms with Crippen LogP contribution in [-0.4, -0.2) is 11.5 Å². The fraction of sp³-hybridized carbons (Fsp3) is 0.364. The van der Waals surface area contributed by atoms with Crippen molar-refractivity contribution in [2.24, 2.45) is 5.73 Å². The molecule has 0 aliphatic carbocycles. The maximum absolute atomic E-state index is 6.23. The molecule has 1 aromatic heterocycles. The van der Waals surface area contributed by atoms with Crippen molar-refractivity contribution in [3.05, 3.63) is 58.6 Å². The molecule has 0 aliphatic heterocycles. The first-order chi connectivity index (χ1) is 12.1. The van der Waals surface area contributed by atoms with E-state index in [1.807, 2.05) is 18.2 Å². The number of fused-ring (bicyclic) bond motifs is 1. The van der Waals surface area contributed by atoms with Gasteiger partial charge in [0, 0.05) is 21.6 Å². The van der Waals surface area contributed by atoms with Crippen molar-refractivity contribution < 1.29 is 0 Å². The van der Waals surface area contributed by atoms with Crippen LogP contribution in [0.3, 0.4) is 0 Å². The summed E-state index contributed by atoms with van der Waals surface area (Å²) >= 11 is 6.23. The minimum atomic E-state index is 0.575. The fourth-order valence-electron chi connectivity index (χ4n) is 3.40. The van der Waals surface area contributed by atoms with E-state index in [-0.39, 0.29) is 0 Å². The van der Waals surface area contributed by atoms with Crippen LogP contribution in [0.4, 0.5) is 0 Å². The Balaban J connectivity index is 2.12. The molecular formula is C22H27ClN2. The van der Waals surface area contributed by atoms with Gasteiger partial charge in [0.2, 0.25) is 0 Å². The Labute approximate surface area is 155 Å². The number of aryl methyl sites for hydroxylation is 1. The first-order valence-electron chi connectivity index (χ1n) is 9.24. The minimum Gasteiger partial charge on any atom is -0.354 e. The van der Waals surface area contributed by atoms with E-state index in [4.69, 9.17) is 17.3 Å². The van der Waals surface area contributed by atoms with Crippen molar-refractivity contribution in [2.45, 2.75) is 45.4 Å². The predicted octanol–water partition coefficient (Wildman–Crippen LogP) is 6.28. The third-order valence-electron chi connectivity index (χ3n) is 5.11. The molecule has 0 bridgehead atoms. The van der Waals surface area contributed by atoms with Crippen LogP contribution < -0.4 is 5.73 Å². The van der Waals surface area contributed by atoms with Crippen LogP contribution in [0.25, 0.3) is 22.2 Å². The van der Waals surface area contributed by atoms with Gasteiger partial charge in [-0.25, -0.2) is 0 Å². The molecule has 0 amide bonds. The number of nitrogens with two attached hydrogens (primary N) is 1. The summed E-state index contributed by atoms with van der Waals surface area (Å²) in [5, 5.41) is 2.11. The average molecular weight is 355 g/mol. The van der Waals surface area contributed by atoms with Crippen molar-refractivity contribution in [3.63, 3.8) is 0 Å². The molecule has 132 valence electrons. The average Bonchev–Trinajstić information content (AvgIpc) is 2.99. The Bertz CT molecular complexity index is 850. The van der Waals surface area contributed by atoms with Gasteiger partial charge < -0.3 is 10.7 Å². The van der Waals surface area contributed by atoms with Gasteiger partial charge in [-0.05, 0) is 79.1 Å². The van der Waals surface area contributed by atoms with Crippen molar-refractivity contribution in [3.8, 4) is 11.3 Å². The number of benzene rings is 2. The quantitative estimate of drug-likeness (QED) is 0.481. The summed E-state index contributed by atoms with van der Waals surface area (Å²) in [6.45, 7) is 5.28. The van der Waals surface area contributed by atoms with Gasteiger partial charge in [0.1, 0.15) is 0 Å². The molecule has 2 aromatic carbocycles. The van der Waals surface area contributed by atoms with E-state index < -0.39 is 0 Å². The summed E-state index contributed by atoms with van der Waals surface area (Å²) in [4.78, 5) is 3.63. The molecule has 0 fully saturated rings. The van der Waals surface area contributed by atoms with Gasteiger partial charge in [-0.3, -0.25) is 0 Å². The zero-order chi connectivity index (χ0) is 17.8. The highest BCUT2D eigenvalue weighted by Crippen LogP contribution is 2.34. The van der Waals surface area contributed by atoms with Crippen LogP contribution >= 0.6 is 11.6 Å². The topological polar surface area (TPSA) is 41.8 Å². The van der Waals surface area contributed by atoms with Crippen LogP contribution in [0.2, 0.25) is 5.02 Å². The maximum Gasteiger partial charge on any atom is 0.0497 e. The molecule has 0 saturated carbocycles. The summed E-state index contributed by atoms with van der Waals surface area (Å²) in [5.74, 6) is 0.575. The second-order valence-corrected chi connectivity index (χ2v) is 7.29. The summed E-state index contributed by atoms with van der Waals surface area (Å²) < 4.78 is 0. The summed E-state index contributed by atoms with van der Waals surface area (Å²) in [6, 6.07) is 14.9. The van der Waals surface area contributed by atoms with Crippen LogP contribution in [0.1, 0.15) is 50.2 Å². The number of H-pyrrole nitrogens is 1. The largest absolute Gasteiger partial charge is 0.354 e. The molecule has 1 atom stereocenters. The molecule has 0 aliphatic rings. The molecular weight excluding hydrogens is 328 g/mol. The number of nitrogens with one attached hydrogen (secondary N) is 1. The van der Waals surface area contributed by atoms with E-state index in [1.165, 1.54) is 27.7 Å². The molecule has 1 unspecified atom stereocenters. The van der Waals surface area contributed by atoms with Crippen LogP contribution in [0.5, 0.6) is 0 Å². The van der Waals surface area contributed by atoms with Gasteiger partial charge in [0.05, 0.1) is 0 Å². The molecule has 0 radical (unpaired) electrons. The maximum atomic E-state index is 6.23. The molecule has 1 heterocycles. The van der Waals surface area contributed by atoms with E-state index in [2.05, 4.69) is 43.1 Å². The Morgan fingerprint density at radius 1 is 1.12 bits per heavy atom. The Morgan fingerprint density at radius 2 is 1.96 bits per heavy atom. The second-order valence-electron chi connectivity index (χ2n) is 6.85. The molecule has 3 N–H and O–H groups in total. The lowest BCUT2D eigenvalue weighted by atomic mass is 9.94. The monoisotopic (exact) mass is 354 g/mol. The SMILES string of the molecule is CCC(C)c1ccc2[nH]c(-c3cccc(Cl)c3)c(CCCCN)c2c1. The van der Waals surface area contributed by atoms with Gasteiger partial charge in [-0.15, -0.1) is 0 Å². The van der Waals surface area contributed by atoms with Crippen molar-refractivity contribution in [2.75, 3.05) is 6.54 Å². The van der Waals surface area contributed by atoms with E-state index in [1.54, 1.807) is 0 Å². The smallest absolute Gasteiger partial charge is 0.0497 e. The molecule has 0 saturated heterocycles. The van der Waals surface area contributed by atoms with Gasteiger partial charge in [0.25, 0.3) is 0 Å². The van der Waals surface area contributed by atoms with E-state index in [9.17, 15) is 0 Å². The summed E-state index contributed by atoms with van der Waals surface area (Å²) in [6.07, 6.45) is 4.33. The first-order valence-corrected chi connectivity index (χ1v) is 9.62. The van der Waals surface area contributed by atoms with Gasteiger partial charge in [0.15, 0.2) is 0 Å². The zero-order valence-electron chi connectivity index (χ0n) is 15.1. The highest BCUT2D eigenvalue weighted by atomic mass is 35.5. The van der Waals surface area contributed by atoms with Gasteiger partial charge >= 0.3 is 0 Å². The first kappa shape index (κ1) is 18.0. The number of unbranched alkanes of at least 4 members (excludes halogenated alkanes) is 1. The summed E-state index contributed by atoms with van der Waals surface area (Å²) in [5.41, 5.74) is 12.0.